The molecule has 0 bridgehead atoms. The van der Waals surface area contributed by atoms with Gasteiger partial charge in [-0.15, -0.1) is 0 Å². The minimum atomic E-state index is -0.875. The molecule has 0 aliphatic heterocycles. The predicted molar refractivity (Wildman–Crippen MR) is 69.7 cm³/mol. The number of hydrogen-bond acceptors (Lipinski definition) is 5. The molecule has 0 atom stereocenters. The molecule has 0 aromatic carbocycles. The third-order valence-corrected chi connectivity index (χ3v) is 3.13. The van der Waals surface area contributed by atoms with Gasteiger partial charge in [0.05, 0.1) is 12.8 Å². The van der Waals surface area contributed by atoms with Crippen molar-refractivity contribution in [2.75, 3.05) is 14.2 Å². The summed E-state index contributed by atoms with van der Waals surface area (Å²) >= 11 is 0. The summed E-state index contributed by atoms with van der Waals surface area (Å²) in [7, 11) is 2.93. The van der Waals surface area contributed by atoms with Gasteiger partial charge in [0.25, 0.3) is 5.91 Å². The maximum absolute atomic E-state index is 12.2. The number of carbonyl (C=O) groups excluding carboxylic acids is 2. The van der Waals surface area contributed by atoms with Crippen LogP contribution in [0.4, 0.5) is 4.79 Å². The largest absolute Gasteiger partial charge is 0.443 e. The summed E-state index contributed by atoms with van der Waals surface area (Å²) in [6.07, 6.45) is 1.23. The molecule has 7 heteroatoms. The van der Waals surface area contributed by atoms with Gasteiger partial charge in [0, 0.05) is 7.05 Å². The van der Waals surface area contributed by atoms with Crippen molar-refractivity contribution in [3.05, 3.63) is 29.1 Å². The van der Waals surface area contributed by atoms with Crippen molar-refractivity contribution in [2.45, 2.75) is 25.4 Å². The molecular formula is C13H17N3O4. The van der Waals surface area contributed by atoms with Crippen molar-refractivity contribution in [3.8, 4) is 0 Å². The second-order valence-electron chi connectivity index (χ2n) is 4.61. The number of primary amides is 1. The summed E-state index contributed by atoms with van der Waals surface area (Å²) in [6.45, 7) is -0.0583. The standard InChI is InChI=1S/C13H17N3O4/c1-16(19-2)12(17)11-10(8-3-4-8)6-5-9(15-11)7-20-13(14)18/h5-6,8H,3-4,7H2,1-2H3,(H2,14,18). The molecule has 0 radical (unpaired) electrons. The van der Waals surface area contributed by atoms with Crippen LogP contribution in [0.1, 0.15) is 40.5 Å². The van der Waals surface area contributed by atoms with Crippen LogP contribution in [0, 0.1) is 0 Å². The van der Waals surface area contributed by atoms with Crippen LogP contribution in [-0.4, -0.2) is 36.2 Å². The molecule has 1 saturated carbocycles. The molecule has 1 aliphatic rings. The van der Waals surface area contributed by atoms with Crippen LogP contribution in [0.15, 0.2) is 12.1 Å². The summed E-state index contributed by atoms with van der Waals surface area (Å²) in [6, 6.07) is 3.58. The first-order valence-corrected chi connectivity index (χ1v) is 6.27. The van der Waals surface area contributed by atoms with E-state index in [9.17, 15) is 9.59 Å². The minimum Gasteiger partial charge on any atom is -0.443 e. The lowest BCUT2D eigenvalue weighted by Gasteiger charge is -2.16. The molecule has 2 rings (SSSR count). The van der Waals surface area contributed by atoms with Crippen molar-refractivity contribution in [1.29, 1.82) is 0 Å². The van der Waals surface area contributed by atoms with Gasteiger partial charge in [-0.2, -0.15) is 0 Å². The highest BCUT2D eigenvalue weighted by atomic mass is 16.7. The van der Waals surface area contributed by atoms with Gasteiger partial charge < -0.3 is 10.5 Å². The van der Waals surface area contributed by atoms with Crippen LogP contribution < -0.4 is 5.73 Å². The fourth-order valence-electron chi connectivity index (χ4n) is 1.86. The summed E-state index contributed by atoms with van der Waals surface area (Å²) < 4.78 is 4.69. The Bertz CT molecular complexity index is 528. The Morgan fingerprint density at radius 2 is 2.15 bits per heavy atom. The average molecular weight is 279 g/mol. The molecule has 2 N–H and O–H groups in total. The molecule has 7 nitrogen and oxygen atoms in total. The molecule has 108 valence electrons. The third kappa shape index (κ3) is 3.24. The number of carbonyl (C=O) groups is 2. The lowest BCUT2D eigenvalue weighted by Crippen LogP contribution is -2.27. The average Bonchev–Trinajstić information content (AvgIpc) is 3.27. The van der Waals surface area contributed by atoms with Gasteiger partial charge in [-0.25, -0.2) is 14.8 Å². The Kier molecular flexibility index (Phi) is 4.19. The zero-order valence-corrected chi connectivity index (χ0v) is 11.5. The van der Waals surface area contributed by atoms with E-state index in [0.717, 1.165) is 23.5 Å². The molecule has 1 fully saturated rings. The second-order valence-corrected chi connectivity index (χ2v) is 4.61. The van der Waals surface area contributed by atoms with Gasteiger partial charge in [-0.1, -0.05) is 6.07 Å². The van der Waals surface area contributed by atoms with Gasteiger partial charge in [0.2, 0.25) is 0 Å². The Labute approximate surface area is 116 Å². The smallest absolute Gasteiger partial charge is 0.404 e. The van der Waals surface area contributed by atoms with E-state index in [2.05, 4.69) is 9.72 Å². The monoisotopic (exact) mass is 279 g/mol. The normalized spacial score (nSPS) is 13.9. The van der Waals surface area contributed by atoms with Gasteiger partial charge in [-0.05, 0) is 30.4 Å². The number of aromatic nitrogens is 1. The SMILES string of the molecule is CON(C)C(=O)c1nc(COC(N)=O)ccc1C1CC1. The highest BCUT2D eigenvalue weighted by molar-refractivity contribution is 5.93. The highest BCUT2D eigenvalue weighted by Gasteiger charge is 2.30. The molecule has 0 saturated heterocycles. The third-order valence-electron chi connectivity index (χ3n) is 3.13. The maximum atomic E-state index is 12.2. The Morgan fingerprint density at radius 3 is 2.70 bits per heavy atom. The van der Waals surface area contributed by atoms with E-state index in [-0.39, 0.29) is 12.5 Å². The van der Waals surface area contributed by atoms with E-state index in [1.54, 1.807) is 6.07 Å². The molecule has 0 unspecified atom stereocenters. The van der Waals surface area contributed by atoms with E-state index >= 15 is 0 Å². The first kappa shape index (κ1) is 14.3. The van der Waals surface area contributed by atoms with E-state index in [1.165, 1.54) is 14.2 Å². The molecule has 1 aromatic heterocycles. The number of amides is 2. The number of hydrogen-bond donors (Lipinski definition) is 1. The van der Waals surface area contributed by atoms with Crippen LogP contribution in [0.5, 0.6) is 0 Å². The summed E-state index contributed by atoms with van der Waals surface area (Å²) in [5.74, 6) is 0.0492. The van der Waals surface area contributed by atoms with Crippen molar-refractivity contribution in [1.82, 2.24) is 10.0 Å². The summed E-state index contributed by atoms with van der Waals surface area (Å²) in [5.41, 5.74) is 6.63. The quantitative estimate of drug-likeness (QED) is 0.817. The lowest BCUT2D eigenvalue weighted by molar-refractivity contribution is -0.0761. The van der Waals surface area contributed by atoms with Crippen LogP contribution in [0.3, 0.4) is 0 Å². The van der Waals surface area contributed by atoms with Crippen molar-refractivity contribution >= 4 is 12.0 Å². The van der Waals surface area contributed by atoms with Crippen LogP contribution in [0.25, 0.3) is 0 Å². The number of nitrogens with zero attached hydrogens (tertiary/aromatic N) is 2. The van der Waals surface area contributed by atoms with E-state index in [1.807, 2.05) is 6.07 Å². The van der Waals surface area contributed by atoms with Gasteiger partial charge in [-0.3, -0.25) is 9.63 Å². The van der Waals surface area contributed by atoms with Crippen molar-refractivity contribution in [2.24, 2.45) is 5.73 Å². The minimum absolute atomic E-state index is 0.0583. The number of nitrogens with two attached hydrogens (primary N) is 1. The zero-order valence-electron chi connectivity index (χ0n) is 11.5. The summed E-state index contributed by atoms with van der Waals surface area (Å²) in [5, 5.41) is 1.12. The Morgan fingerprint density at radius 1 is 1.45 bits per heavy atom. The fourth-order valence-corrected chi connectivity index (χ4v) is 1.86. The van der Waals surface area contributed by atoms with Crippen LogP contribution in [0.2, 0.25) is 0 Å². The van der Waals surface area contributed by atoms with Gasteiger partial charge >= 0.3 is 6.09 Å². The van der Waals surface area contributed by atoms with Crippen molar-refractivity contribution < 1.29 is 19.2 Å². The lowest BCUT2D eigenvalue weighted by atomic mass is 10.1. The molecular weight excluding hydrogens is 262 g/mol. The fraction of sp³-hybridized carbons (Fsp3) is 0.462. The molecule has 0 spiro atoms. The molecule has 2 amide bonds. The predicted octanol–water partition coefficient (Wildman–Crippen LogP) is 1.19. The second kappa shape index (κ2) is 5.87. The van der Waals surface area contributed by atoms with Crippen molar-refractivity contribution in [3.63, 3.8) is 0 Å². The van der Waals surface area contributed by atoms with Gasteiger partial charge in [0.1, 0.15) is 12.3 Å². The maximum Gasteiger partial charge on any atom is 0.404 e. The molecule has 20 heavy (non-hydrogen) atoms. The van der Waals surface area contributed by atoms with Gasteiger partial charge in [0.15, 0.2) is 0 Å². The Balaban J connectivity index is 2.27. The number of pyridine rings is 1. The van der Waals surface area contributed by atoms with Crippen LogP contribution >= 0.6 is 0 Å². The van der Waals surface area contributed by atoms with E-state index in [4.69, 9.17) is 10.6 Å². The topological polar surface area (TPSA) is 94.8 Å². The summed E-state index contributed by atoms with van der Waals surface area (Å²) in [4.78, 5) is 32.0. The Hall–Kier alpha value is -2.15. The number of ether oxygens (including phenoxy) is 1. The van der Waals surface area contributed by atoms with Crippen LogP contribution in [-0.2, 0) is 16.2 Å². The first-order chi connectivity index (χ1) is 9.52. The molecule has 1 aromatic rings. The number of hydroxylamine groups is 2. The van der Waals surface area contributed by atoms with E-state index in [0.29, 0.717) is 17.3 Å². The highest BCUT2D eigenvalue weighted by Crippen LogP contribution is 2.41. The van der Waals surface area contributed by atoms with E-state index < -0.39 is 6.09 Å². The molecule has 1 aliphatic carbocycles. The molecule has 1 heterocycles. The zero-order chi connectivity index (χ0) is 14.7. The first-order valence-electron chi connectivity index (χ1n) is 6.27. The number of rotatable bonds is 5.